The molecule has 3 nitrogen and oxygen atoms in total. The Bertz CT molecular complexity index is 526. The highest BCUT2D eigenvalue weighted by atomic mass is 16.3. The normalized spacial score (nSPS) is 17.4. The molecule has 0 unspecified atom stereocenters. The Kier molecular flexibility index (Phi) is 1.91. The monoisotopic (exact) mass is 214 g/mol. The summed E-state index contributed by atoms with van der Waals surface area (Å²) in [7, 11) is 0. The number of hydrogen-bond acceptors (Lipinski definition) is 3. The first-order valence-corrected chi connectivity index (χ1v) is 5.50. The summed E-state index contributed by atoms with van der Waals surface area (Å²) in [5, 5.41) is 0. The molecule has 2 N–H and O–H groups in total. The molecule has 1 aromatic carbocycles. The predicted octanol–water partition coefficient (Wildman–Crippen LogP) is 2.60. The first kappa shape index (κ1) is 9.60. The van der Waals surface area contributed by atoms with E-state index in [2.05, 4.69) is 18.0 Å². The molecular weight excluding hydrogens is 200 g/mol. The summed E-state index contributed by atoms with van der Waals surface area (Å²) >= 11 is 0. The highest BCUT2D eigenvalue weighted by Crippen LogP contribution is 2.42. The second-order valence-electron chi connectivity index (χ2n) is 4.51. The van der Waals surface area contributed by atoms with E-state index in [4.69, 9.17) is 10.2 Å². The van der Waals surface area contributed by atoms with Gasteiger partial charge in [0.05, 0.1) is 5.54 Å². The van der Waals surface area contributed by atoms with Crippen LogP contribution in [0.2, 0.25) is 0 Å². The van der Waals surface area contributed by atoms with E-state index in [1.807, 2.05) is 18.2 Å². The Morgan fingerprint density at radius 1 is 1.31 bits per heavy atom. The number of oxazole rings is 1. The van der Waals surface area contributed by atoms with Crippen LogP contribution >= 0.6 is 0 Å². The minimum Gasteiger partial charge on any atom is -0.446 e. The lowest BCUT2D eigenvalue weighted by molar-refractivity contribution is 0.440. The lowest BCUT2D eigenvalue weighted by Crippen LogP contribution is -2.18. The SMILES string of the molecule is Cc1ccccc1-c1coc(C2(N)CC2)n1. The van der Waals surface area contributed by atoms with Gasteiger partial charge in [0.25, 0.3) is 0 Å². The van der Waals surface area contributed by atoms with Crippen molar-refractivity contribution in [2.75, 3.05) is 0 Å². The molecule has 0 atom stereocenters. The fourth-order valence-electron chi connectivity index (χ4n) is 1.83. The first-order chi connectivity index (χ1) is 7.69. The van der Waals surface area contributed by atoms with Crippen molar-refractivity contribution in [1.29, 1.82) is 0 Å². The van der Waals surface area contributed by atoms with Crippen LogP contribution in [0.1, 0.15) is 24.3 Å². The van der Waals surface area contributed by atoms with Crippen LogP contribution in [-0.4, -0.2) is 4.98 Å². The summed E-state index contributed by atoms with van der Waals surface area (Å²) in [6.07, 6.45) is 3.64. The van der Waals surface area contributed by atoms with Crippen molar-refractivity contribution in [3.8, 4) is 11.3 Å². The van der Waals surface area contributed by atoms with Gasteiger partial charge in [0.1, 0.15) is 12.0 Å². The molecule has 0 aliphatic heterocycles. The second kappa shape index (κ2) is 3.19. The molecule has 1 heterocycles. The molecular formula is C13H14N2O. The molecule has 3 heteroatoms. The van der Waals surface area contributed by atoms with Gasteiger partial charge in [0, 0.05) is 5.56 Å². The van der Waals surface area contributed by atoms with Crippen molar-refractivity contribution in [2.24, 2.45) is 5.73 Å². The van der Waals surface area contributed by atoms with E-state index in [1.165, 1.54) is 5.56 Å². The third-order valence-corrected chi connectivity index (χ3v) is 3.14. The highest BCUT2D eigenvalue weighted by Gasteiger charge is 2.44. The van der Waals surface area contributed by atoms with Crippen molar-refractivity contribution >= 4 is 0 Å². The van der Waals surface area contributed by atoms with Gasteiger partial charge >= 0.3 is 0 Å². The largest absolute Gasteiger partial charge is 0.446 e. The summed E-state index contributed by atoms with van der Waals surface area (Å²) in [5.74, 6) is 0.672. The van der Waals surface area contributed by atoms with Gasteiger partial charge in [-0.1, -0.05) is 24.3 Å². The average Bonchev–Trinajstić information content (AvgIpc) is 2.84. The predicted molar refractivity (Wildman–Crippen MR) is 61.8 cm³/mol. The Morgan fingerprint density at radius 3 is 2.75 bits per heavy atom. The Balaban J connectivity index is 2.02. The first-order valence-electron chi connectivity index (χ1n) is 5.50. The summed E-state index contributed by atoms with van der Waals surface area (Å²) in [4.78, 5) is 4.48. The Labute approximate surface area is 94.3 Å². The average molecular weight is 214 g/mol. The molecule has 0 saturated heterocycles. The van der Waals surface area contributed by atoms with Crippen LogP contribution in [0.4, 0.5) is 0 Å². The number of nitrogens with zero attached hydrogens (tertiary/aromatic N) is 1. The fourth-order valence-corrected chi connectivity index (χ4v) is 1.83. The molecule has 1 aliphatic carbocycles. The van der Waals surface area contributed by atoms with Gasteiger partial charge in [0.2, 0.25) is 5.89 Å². The lowest BCUT2D eigenvalue weighted by atomic mass is 10.1. The quantitative estimate of drug-likeness (QED) is 0.836. The minimum atomic E-state index is -0.291. The van der Waals surface area contributed by atoms with Gasteiger partial charge in [-0.3, -0.25) is 0 Å². The summed E-state index contributed by atoms with van der Waals surface area (Å²) in [6, 6.07) is 8.14. The van der Waals surface area contributed by atoms with Crippen molar-refractivity contribution in [1.82, 2.24) is 4.98 Å². The maximum Gasteiger partial charge on any atom is 0.214 e. The van der Waals surface area contributed by atoms with Crippen LogP contribution in [0, 0.1) is 6.92 Å². The van der Waals surface area contributed by atoms with Crippen LogP contribution < -0.4 is 5.73 Å². The molecule has 0 radical (unpaired) electrons. The molecule has 16 heavy (non-hydrogen) atoms. The molecule has 3 rings (SSSR count). The Hall–Kier alpha value is -1.61. The maximum atomic E-state index is 6.04. The van der Waals surface area contributed by atoms with Gasteiger partial charge in [-0.25, -0.2) is 4.98 Å². The van der Waals surface area contributed by atoms with Crippen molar-refractivity contribution in [3.63, 3.8) is 0 Å². The lowest BCUT2D eigenvalue weighted by Gasteiger charge is -2.01. The van der Waals surface area contributed by atoms with Crippen LogP contribution in [0.3, 0.4) is 0 Å². The third kappa shape index (κ3) is 1.44. The highest BCUT2D eigenvalue weighted by molar-refractivity contribution is 5.62. The van der Waals surface area contributed by atoms with Gasteiger partial charge in [-0.2, -0.15) is 0 Å². The molecule has 2 aromatic rings. The summed E-state index contributed by atoms with van der Waals surface area (Å²) in [6.45, 7) is 2.07. The van der Waals surface area contributed by atoms with Crippen molar-refractivity contribution in [3.05, 3.63) is 42.0 Å². The number of hydrogen-bond donors (Lipinski definition) is 1. The number of rotatable bonds is 2. The van der Waals surface area contributed by atoms with Crippen molar-refractivity contribution < 1.29 is 4.42 Å². The van der Waals surface area contributed by atoms with Crippen LogP contribution in [0.25, 0.3) is 11.3 Å². The zero-order valence-electron chi connectivity index (χ0n) is 9.23. The molecule has 1 fully saturated rings. The Morgan fingerprint density at radius 2 is 2.06 bits per heavy atom. The van der Waals surface area contributed by atoms with E-state index in [1.54, 1.807) is 6.26 Å². The van der Waals surface area contributed by atoms with Crippen LogP contribution in [0.15, 0.2) is 34.9 Å². The molecule has 82 valence electrons. The molecule has 1 saturated carbocycles. The second-order valence-corrected chi connectivity index (χ2v) is 4.51. The number of aryl methyl sites for hydroxylation is 1. The van der Waals surface area contributed by atoms with Gasteiger partial charge in [0.15, 0.2) is 0 Å². The standard InChI is InChI=1S/C13H14N2O/c1-9-4-2-3-5-10(9)11-8-16-12(15-11)13(14)6-7-13/h2-5,8H,6-7,14H2,1H3. The maximum absolute atomic E-state index is 6.04. The van der Waals surface area contributed by atoms with Crippen LogP contribution in [-0.2, 0) is 5.54 Å². The molecule has 0 bridgehead atoms. The van der Waals surface area contributed by atoms with Crippen molar-refractivity contribution in [2.45, 2.75) is 25.3 Å². The van der Waals surface area contributed by atoms with Gasteiger partial charge < -0.3 is 10.2 Å². The van der Waals surface area contributed by atoms with Crippen LogP contribution in [0.5, 0.6) is 0 Å². The number of nitrogens with two attached hydrogens (primary N) is 1. The zero-order valence-corrected chi connectivity index (χ0v) is 9.23. The third-order valence-electron chi connectivity index (χ3n) is 3.14. The topological polar surface area (TPSA) is 52.0 Å². The van der Waals surface area contributed by atoms with E-state index >= 15 is 0 Å². The summed E-state index contributed by atoms with van der Waals surface area (Å²) < 4.78 is 5.46. The van der Waals surface area contributed by atoms with E-state index in [0.29, 0.717) is 5.89 Å². The van der Waals surface area contributed by atoms with Gasteiger partial charge in [-0.15, -0.1) is 0 Å². The van der Waals surface area contributed by atoms with E-state index in [-0.39, 0.29) is 5.54 Å². The van der Waals surface area contributed by atoms with E-state index in [9.17, 15) is 0 Å². The van der Waals surface area contributed by atoms with E-state index in [0.717, 1.165) is 24.1 Å². The minimum absolute atomic E-state index is 0.291. The number of benzene rings is 1. The molecule has 0 spiro atoms. The molecule has 1 aromatic heterocycles. The number of aromatic nitrogens is 1. The fraction of sp³-hybridized carbons (Fsp3) is 0.308. The zero-order chi connectivity index (χ0) is 11.2. The smallest absolute Gasteiger partial charge is 0.214 e. The molecule has 1 aliphatic rings. The summed E-state index contributed by atoms with van der Waals surface area (Å²) in [5.41, 5.74) is 8.94. The van der Waals surface area contributed by atoms with E-state index < -0.39 is 0 Å². The molecule has 0 amide bonds. The van der Waals surface area contributed by atoms with Gasteiger partial charge in [-0.05, 0) is 25.3 Å².